The number of carbonyl (C=O) groups is 1. The maximum atomic E-state index is 12.6. The van der Waals surface area contributed by atoms with Crippen molar-refractivity contribution < 1.29 is 9.53 Å². The van der Waals surface area contributed by atoms with Gasteiger partial charge in [-0.15, -0.1) is 21.5 Å². The van der Waals surface area contributed by atoms with E-state index in [0.717, 1.165) is 34.6 Å². The number of nitrogens with zero attached hydrogens (tertiary/aromatic N) is 4. The molecule has 0 N–H and O–H groups in total. The first kappa shape index (κ1) is 18.6. The van der Waals surface area contributed by atoms with E-state index in [0.29, 0.717) is 16.5 Å². The zero-order valence-electron chi connectivity index (χ0n) is 16.2. The van der Waals surface area contributed by atoms with Crippen molar-refractivity contribution >= 4 is 44.7 Å². The van der Waals surface area contributed by atoms with E-state index < -0.39 is 0 Å². The molecule has 0 bridgehead atoms. The van der Waals surface area contributed by atoms with E-state index in [1.165, 1.54) is 28.6 Å². The lowest BCUT2D eigenvalue weighted by atomic mass is 9.89. The molecular formula is C21H20N4O2S2. The number of ketones is 1. The normalized spacial score (nSPS) is 16.3. The zero-order valence-corrected chi connectivity index (χ0v) is 17.8. The van der Waals surface area contributed by atoms with Gasteiger partial charge in [-0.3, -0.25) is 9.20 Å². The number of benzene rings is 1. The van der Waals surface area contributed by atoms with Gasteiger partial charge in [0.15, 0.2) is 16.6 Å². The van der Waals surface area contributed by atoms with E-state index in [9.17, 15) is 4.79 Å². The van der Waals surface area contributed by atoms with Crippen LogP contribution in [-0.4, -0.2) is 38.2 Å². The number of aromatic nitrogens is 4. The SMILES string of the molecule is COc1cccc(C(=O)CSc2nnc3c4c5c(sc4ncn23)C[C@H](C)CC5)c1. The smallest absolute Gasteiger partial charge is 0.197 e. The van der Waals surface area contributed by atoms with Gasteiger partial charge >= 0.3 is 0 Å². The second kappa shape index (κ2) is 7.42. The number of hydrogen-bond acceptors (Lipinski definition) is 7. The van der Waals surface area contributed by atoms with E-state index >= 15 is 0 Å². The molecule has 4 aromatic rings. The highest BCUT2D eigenvalue weighted by Gasteiger charge is 2.24. The molecule has 1 aliphatic carbocycles. The summed E-state index contributed by atoms with van der Waals surface area (Å²) in [6.07, 6.45) is 5.17. The molecular weight excluding hydrogens is 404 g/mol. The third-order valence-electron chi connectivity index (χ3n) is 5.40. The number of thioether (sulfide) groups is 1. The standard InChI is InChI=1S/C21H20N4O2S2/c1-12-6-7-15-17(8-12)29-20-18(15)19-23-24-21(25(19)11-22-20)28-10-16(26)13-4-3-5-14(9-13)27-2/h3-5,9,11-12H,6-8,10H2,1-2H3/t12-/m1/s1. The predicted molar refractivity (Wildman–Crippen MR) is 115 cm³/mol. The molecule has 1 aromatic carbocycles. The number of rotatable bonds is 5. The molecule has 0 saturated carbocycles. The number of Topliss-reactive ketones (excluding diaryl/α,β-unsaturated/α-hetero) is 1. The monoisotopic (exact) mass is 424 g/mol. The van der Waals surface area contributed by atoms with Gasteiger partial charge < -0.3 is 4.74 Å². The fourth-order valence-corrected chi connectivity index (χ4v) is 5.97. The Bertz CT molecular complexity index is 1230. The highest BCUT2D eigenvalue weighted by Crippen LogP contribution is 2.39. The first-order valence-electron chi connectivity index (χ1n) is 9.58. The van der Waals surface area contributed by atoms with Gasteiger partial charge in [0.05, 0.1) is 18.2 Å². The average molecular weight is 425 g/mol. The Morgan fingerprint density at radius 1 is 1.38 bits per heavy atom. The molecule has 29 heavy (non-hydrogen) atoms. The van der Waals surface area contributed by atoms with Gasteiger partial charge in [-0.1, -0.05) is 30.8 Å². The Morgan fingerprint density at radius 3 is 3.14 bits per heavy atom. The average Bonchev–Trinajstić information content (AvgIpc) is 3.32. The Labute approximate surface area is 176 Å². The van der Waals surface area contributed by atoms with Crippen molar-refractivity contribution in [1.29, 1.82) is 0 Å². The Morgan fingerprint density at radius 2 is 2.28 bits per heavy atom. The van der Waals surface area contributed by atoms with Crippen LogP contribution in [0.3, 0.4) is 0 Å². The van der Waals surface area contributed by atoms with E-state index in [-0.39, 0.29) is 11.5 Å². The second-order valence-electron chi connectivity index (χ2n) is 7.40. The molecule has 0 saturated heterocycles. The number of fused-ring (bicyclic) bond motifs is 5. The van der Waals surface area contributed by atoms with Crippen LogP contribution in [0.4, 0.5) is 0 Å². The van der Waals surface area contributed by atoms with Gasteiger partial charge in [-0.25, -0.2) is 4.98 Å². The summed E-state index contributed by atoms with van der Waals surface area (Å²) in [5.41, 5.74) is 2.86. The molecule has 0 radical (unpaired) electrons. The van der Waals surface area contributed by atoms with Crippen LogP contribution in [0, 0.1) is 5.92 Å². The summed E-state index contributed by atoms with van der Waals surface area (Å²) in [7, 11) is 1.60. The summed E-state index contributed by atoms with van der Waals surface area (Å²) in [6.45, 7) is 2.31. The summed E-state index contributed by atoms with van der Waals surface area (Å²) >= 11 is 3.17. The molecule has 1 aliphatic rings. The molecule has 5 rings (SSSR count). The topological polar surface area (TPSA) is 69.4 Å². The van der Waals surface area contributed by atoms with E-state index in [1.807, 2.05) is 16.5 Å². The van der Waals surface area contributed by atoms with Gasteiger partial charge in [0.1, 0.15) is 16.9 Å². The fourth-order valence-electron chi connectivity index (χ4n) is 3.83. The maximum Gasteiger partial charge on any atom is 0.197 e. The molecule has 148 valence electrons. The maximum absolute atomic E-state index is 12.6. The van der Waals surface area contributed by atoms with E-state index in [1.54, 1.807) is 36.9 Å². The van der Waals surface area contributed by atoms with Crippen LogP contribution in [0.2, 0.25) is 0 Å². The second-order valence-corrected chi connectivity index (χ2v) is 9.42. The lowest BCUT2D eigenvalue weighted by Gasteiger charge is -2.17. The van der Waals surface area contributed by atoms with Gasteiger partial charge in [0, 0.05) is 10.4 Å². The number of hydrogen-bond donors (Lipinski definition) is 0. The minimum absolute atomic E-state index is 0.0292. The third-order valence-corrected chi connectivity index (χ3v) is 7.50. The molecule has 0 fully saturated rings. The lowest BCUT2D eigenvalue weighted by molar-refractivity contribution is 0.102. The number of aryl methyl sites for hydroxylation is 1. The van der Waals surface area contributed by atoms with Gasteiger partial charge in [-0.2, -0.15) is 0 Å². The molecule has 1 atom stereocenters. The molecule has 6 nitrogen and oxygen atoms in total. The van der Waals surface area contributed by atoms with Crippen molar-refractivity contribution in [3.63, 3.8) is 0 Å². The van der Waals surface area contributed by atoms with Crippen molar-refractivity contribution in [1.82, 2.24) is 19.6 Å². The van der Waals surface area contributed by atoms with Crippen LogP contribution in [-0.2, 0) is 12.8 Å². The van der Waals surface area contributed by atoms with Gasteiger partial charge in [0.2, 0.25) is 0 Å². The largest absolute Gasteiger partial charge is 0.497 e. The van der Waals surface area contributed by atoms with Gasteiger partial charge in [0.25, 0.3) is 0 Å². The lowest BCUT2D eigenvalue weighted by Crippen LogP contribution is -2.08. The third kappa shape index (κ3) is 3.30. The minimum atomic E-state index is 0.0292. The van der Waals surface area contributed by atoms with Crippen molar-refractivity contribution in [3.05, 3.63) is 46.6 Å². The summed E-state index contributed by atoms with van der Waals surface area (Å²) in [4.78, 5) is 19.7. The molecule has 3 heterocycles. The number of ether oxygens (including phenoxy) is 1. The van der Waals surface area contributed by atoms with Gasteiger partial charge in [-0.05, 0) is 42.9 Å². The highest BCUT2D eigenvalue weighted by molar-refractivity contribution is 7.99. The summed E-state index contributed by atoms with van der Waals surface area (Å²) in [5.74, 6) is 1.71. The number of thiophene rings is 1. The van der Waals surface area contributed by atoms with Crippen LogP contribution >= 0.6 is 23.1 Å². The van der Waals surface area contributed by atoms with Crippen LogP contribution in [0.1, 0.15) is 34.1 Å². The first-order chi connectivity index (χ1) is 14.1. The molecule has 3 aromatic heterocycles. The van der Waals surface area contributed by atoms with E-state index in [2.05, 4.69) is 22.1 Å². The highest BCUT2D eigenvalue weighted by atomic mass is 32.2. The van der Waals surface area contributed by atoms with Crippen LogP contribution in [0.5, 0.6) is 5.75 Å². The molecule has 0 spiro atoms. The van der Waals surface area contributed by atoms with Crippen molar-refractivity contribution in [2.24, 2.45) is 5.92 Å². The minimum Gasteiger partial charge on any atom is -0.497 e. The van der Waals surface area contributed by atoms with Crippen LogP contribution in [0.15, 0.2) is 35.7 Å². The van der Waals surface area contributed by atoms with Crippen LogP contribution in [0.25, 0.3) is 15.9 Å². The Hall–Kier alpha value is -2.45. The Balaban J connectivity index is 1.44. The molecule has 0 aliphatic heterocycles. The van der Waals surface area contributed by atoms with Crippen molar-refractivity contribution in [3.8, 4) is 5.75 Å². The van der Waals surface area contributed by atoms with Crippen molar-refractivity contribution in [2.75, 3.05) is 12.9 Å². The molecule has 8 heteroatoms. The quantitative estimate of drug-likeness (QED) is 0.348. The molecule has 0 unspecified atom stereocenters. The fraction of sp³-hybridized carbons (Fsp3) is 0.333. The summed E-state index contributed by atoms with van der Waals surface area (Å²) < 4.78 is 7.12. The number of methoxy groups -OCH3 is 1. The number of carbonyl (C=O) groups excluding carboxylic acids is 1. The predicted octanol–water partition coefficient (Wildman–Crippen LogP) is 4.45. The molecule has 0 amide bonds. The Kier molecular flexibility index (Phi) is 4.75. The summed E-state index contributed by atoms with van der Waals surface area (Å²) in [5, 5.41) is 10.6. The van der Waals surface area contributed by atoms with E-state index in [4.69, 9.17) is 4.74 Å². The zero-order chi connectivity index (χ0) is 20.0. The van der Waals surface area contributed by atoms with Crippen LogP contribution < -0.4 is 4.74 Å². The summed E-state index contributed by atoms with van der Waals surface area (Å²) in [6, 6.07) is 7.21. The first-order valence-corrected chi connectivity index (χ1v) is 11.4. The van der Waals surface area contributed by atoms with Crippen molar-refractivity contribution in [2.45, 2.75) is 31.3 Å².